The molecule has 0 amide bonds. The summed E-state index contributed by atoms with van der Waals surface area (Å²) in [6.45, 7) is 4.20. The fraction of sp³-hybridized carbons (Fsp3) is 0.300. The highest BCUT2D eigenvalue weighted by atomic mass is 32.1. The predicted octanol–water partition coefficient (Wildman–Crippen LogP) is 3.37. The van der Waals surface area contributed by atoms with Crippen molar-refractivity contribution >= 4 is 17.9 Å². The lowest BCUT2D eigenvalue weighted by Gasteiger charge is -2.35. The Kier molecular flexibility index (Phi) is 5.31. The van der Waals surface area contributed by atoms with Crippen molar-refractivity contribution in [3.63, 3.8) is 0 Å². The van der Waals surface area contributed by atoms with Crippen LogP contribution in [0.1, 0.15) is 0 Å². The van der Waals surface area contributed by atoms with Crippen molar-refractivity contribution in [1.29, 1.82) is 0 Å². The van der Waals surface area contributed by atoms with E-state index >= 15 is 0 Å². The van der Waals surface area contributed by atoms with Gasteiger partial charge in [0.15, 0.2) is 0 Å². The van der Waals surface area contributed by atoms with Crippen molar-refractivity contribution in [3.8, 4) is 23.0 Å². The van der Waals surface area contributed by atoms with Crippen molar-refractivity contribution in [1.82, 2.24) is 14.7 Å². The van der Waals surface area contributed by atoms with Crippen molar-refractivity contribution < 1.29 is 14.3 Å². The van der Waals surface area contributed by atoms with E-state index in [1.807, 2.05) is 36.4 Å². The standard InChI is InChI=1S/C20H22N4O3S/c1-26-18-8-2-15(3-9-18)19-21-24(20(28)27-19)14-22-10-12-23(13-11-22)16-4-6-17(25)7-5-16/h2-9,25H,10-14H2,1H3. The molecule has 0 radical (unpaired) electrons. The number of anilines is 1. The van der Waals surface area contributed by atoms with Crippen LogP contribution in [0.2, 0.25) is 0 Å². The maximum Gasteiger partial charge on any atom is 0.288 e. The molecule has 1 N–H and O–H groups in total. The molecule has 3 aromatic rings. The molecule has 0 spiro atoms. The third-order valence-electron chi connectivity index (χ3n) is 4.86. The molecule has 0 bridgehead atoms. The molecule has 7 nitrogen and oxygen atoms in total. The summed E-state index contributed by atoms with van der Waals surface area (Å²) in [5.74, 6) is 1.58. The maximum absolute atomic E-state index is 9.44. The summed E-state index contributed by atoms with van der Waals surface area (Å²) >= 11 is 5.35. The lowest BCUT2D eigenvalue weighted by molar-refractivity contribution is 0.192. The van der Waals surface area contributed by atoms with Crippen LogP contribution in [-0.4, -0.2) is 53.1 Å². The number of aromatic nitrogens is 2. The number of benzene rings is 2. The zero-order valence-corrected chi connectivity index (χ0v) is 16.4. The molecule has 1 aliphatic heterocycles. The molecule has 8 heteroatoms. The van der Waals surface area contributed by atoms with Crippen LogP contribution >= 0.6 is 12.2 Å². The number of phenolic OH excluding ortho intramolecular Hbond substituents is 1. The fourth-order valence-corrected chi connectivity index (χ4v) is 3.42. The summed E-state index contributed by atoms with van der Waals surface area (Å²) < 4.78 is 12.6. The first-order valence-electron chi connectivity index (χ1n) is 9.11. The minimum atomic E-state index is 0.287. The van der Waals surface area contributed by atoms with Crippen LogP contribution < -0.4 is 9.64 Å². The first kappa shape index (κ1) is 18.5. The van der Waals surface area contributed by atoms with Crippen LogP contribution in [0.3, 0.4) is 0 Å². The van der Waals surface area contributed by atoms with Gasteiger partial charge in [0.2, 0.25) is 5.89 Å². The molecule has 4 rings (SSSR count). The van der Waals surface area contributed by atoms with E-state index in [-0.39, 0.29) is 5.75 Å². The molecule has 0 unspecified atom stereocenters. The van der Waals surface area contributed by atoms with E-state index in [1.54, 1.807) is 23.9 Å². The number of piperazine rings is 1. The van der Waals surface area contributed by atoms with Crippen LogP contribution in [0, 0.1) is 4.84 Å². The Balaban J connectivity index is 1.39. The summed E-state index contributed by atoms with van der Waals surface area (Å²) in [7, 11) is 1.64. The van der Waals surface area contributed by atoms with Gasteiger partial charge in [0.1, 0.15) is 11.5 Å². The summed E-state index contributed by atoms with van der Waals surface area (Å²) in [5, 5.41) is 14.0. The molecule has 0 atom stereocenters. The highest BCUT2D eigenvalue weighted by Gasteiger charge is 2.19. The second-order valence-electron chi connectivity index (χ2n) is 6.66. The van der Waals surface area contributed by atoms with Crippen molar-refractivity contribution in [2.45, 2.75) is 6.67 Å². The lowest BCUT2D eigenvalue weighted by Crippen LogP contribution is -2.46. The Bertz CT molecular complexity index is 974. The van der Waals surface area contributed by atoms with Gasteiger partial charge in [0, 0.05) is 37.4 Å². The van der Waals surface area contributed by atoms with Gasteiger partial charge < -0.3 is 19.2 Å². The van der Waals surface area contributed by atoms with Gasteiger partial charge in [-0.1, -0.05) is 0 Å². The fourth-order valence-electron chi connectivity index (χ4n) is 3.25. The third-order valence-corrected chi connectivity index (χ3v) is 5.16. The van der Waals surface area contributed by atoms with Gasteiger partial charge in [0.05, 0.1) is 13.8 Å². The minimum absolute atomic E-state index is 0.287. The molecular weight excluding hydrogens is 376 g/mol. The van der Waals surface area contributed by atoms with Gasteiger partial charge in [-0.2, -0.15) is 0 Å². The Hall–Kier alpha value is -2.84. The number of hydrogen-bond donors (Lipinski definition) is 1. The van der Waals surface area contributed by atoms with Crippen molar-refractivity contribution in [3.05, 3.63) is 53.4 Å². The van der Waals surface area contributed by atoms with E-state index in [4.69, 9.17) is 21.4 Å². The average Bonchev–Trinajstić information content (AvgIpc) is 3.09. The van der Waals surface area contributed by atoms with E-state index in [0.717, 1.165) is 43.2 Å². The first-order chi connectivity index (χ1) is 13.6. The highest BCUT2D eigenvalue weighted by Crippen LogP contribution is 2.22. The minimum Gasteiger partial charge on any atom is -0.508 e. The molecule has 1 saturated heterocycles. The van der Waals surface area contributed by atoms with Crippen LogP contribution in [0.25, 0.3) is 11.5 Å². The van der Waals surface area contributed by atoms with Gasteiger partial charge in [-0.3, -0.25) is 4.90 Å². The second kappa shape index (κ2) is 8.04. The molecule has 1 fully saturated rings. The summed E-state index contributed by atoms with van der Waals surface area (Å²) in [5.41, 5.74) is 1.99. The molecule has 28 heavy (non-hydrogen) atoms. The highest BCUT2D eigenvalue weighted by molar-refractivity contribution is 7.71. The van der Waals surface area contributed by atoms with Gasteiger partial charge in [-0.25, -0.2) is 4.68 Å². The number of phenols is 1. The third kappa shape index (κ3) is 4.02. The van der Waals surface area contributed by atoms with E-state index < -0.39 is 0 Å². The molecule has 2 heterocycles. The van der Waals surface area contributed by atoms with Gasteiger partial charge in [0.25, 0.3) is 4.84 Å². The molecule has 0 saturated carbocycles. The van der Waals surface area contributed by atoms with Crippen molar-refractivity contribution in [2.24, 2.45) is 0 Å². The molecule has 146 valence electrons. The SMILES string of the molecule is COc1ccc(-c2nn(CN3CCN(c4ccc(O)cc4)CC3)c(=S)o2)cc1. The summed E-state index contributed by atoms with van der Waals surface area (Å²) in [6, 6.07) is 14.9. The maximum atomic E-state index is 9.44. The number of aromatic hydroxyl groups is 1. The average molecular weight is 398 g/mol. The molecule has 2 aromatic carbocycles. The molecule has 1 aromatic heterocycles. The lowest BCUT2D eigenvalue weighted by atomic mass is 10.2. The van der Waals surface area contributed by atoms with Gasteiger partial charge >= 0.3 is 0 Å². The van der Waals surface area contributed by atoms with E-state index in [1.165, 1.54) is 0 Å². The zero-order valence-electron chi connectivity index (χ0n) is 15.6. The number of methoxy groups -OCH3 is 1. The van der Waals surface area contributed by atoms with Crippen LogP contribution in [0.4, 0.5) is 5.69 Å². The topological polar surface area (TPSA) is 66.9 Å². The monoisotopic (exact) mass is 398 g/mol. The van der Waals surface area contributed by atoms with Crippen LogP contribution in [-0.2, 0) is 6.67 Å². The molecular formula is C20H22N4O3S. The number of rotatable bonds is 5. The van der Waals surface area contributed by atoms with Crippen LogP contribution in [0.5, 0.6) is 11.5 Å². The zero-order chi connectivity index (χ0) is 19.5. The van der Waals surface area contributed by atoms with Crippen molar-refractivity contribution in [2.75, 3.05) is 38.2 Å². The molecule has 1 aliphatic rings. The van der Waals surface area contributed by atoms with Gasteiger partial charge in [-0.05, 0) is 60.7 Å². The van der Waals surface area contributed by atoms with E-state index in [0.29, 0.717) is 17.4 Å². The Labute approximate surface area is 168 Å². The Morgan fingerprint density at radius 3 is 2.36 bits per heavy atom. The first-order valence-corrected chi connectivity index (χ1v) is 9.52. The Morgan fingerprint density at radius 2 is 1.71 bits per heavy atom. The number of hydrogen-bond acceptors (Lipinski definition) is 7. The summed E-state index contributed by atoms with van der Waals surface area (Å²) in [6.07, 6.45) is 0. The second-order valence-corrected chi connectivity index (χ2v) is 7.01. The van der Waals surface area contributed by atoms with E-state index in [9.17, 15) is 5.11 Å². The summed E-state index contributed by atoms with van der Waals surface area (Å²) in [4.78, 5) is 4.97. The van der Waals surface area contributed by atoms with E-state index in [2.05, 4.69) is 14.9 Å². The quantitative estimate of drug-likeness (QED) is 0.661. The normalized spacial score (nSPS) is 15.0. The molecule has 0 aliphatic carbocycles. The Morgan fingerprint density at radius 1 is 1.04 bits per heavy atom. The number of ether oxygens (including phenoxy) is 1. The largest absolute Gasteiger partial charge is 0.508 e. The number of nitrogens with zero attached hydrogens (tertiary/aromatic N) is 4. The predicted molar refractivity (Wildman–Crippen MR) is 109 cm³/mol. The van der Waals surface area contributed by atoms with Gasteiger partial charge in [-0.15, -0.1) is 5.10 Å². The smallest absolute Gasteiger partial charge is 0.288 e. The van der Waals surface area contributed by atoms with Crippen LogP contribution in [0.15, 0.2) is 52.9 Å².